The summed E-state index contributed by atoms with van der Waals surface area (Å²) in [7, 11) is -3.56. The van der Waals surface area contributed by atoms with Gasteiger partial charge >= 0.3 is 0 Å². The monoisotopic (exact) mass is 358 g/mol. The van der Waals surface area contributed by atoms with Crippen molar-refractivity contribution in [1.29, 1.82) is 0 Å². The van der Waals surface area contributed by atoms with Gasteiger partial charge in [-0.05, 0) is 30.7 Å². The number of hydrogen-bond donors (Lipinski definition) is 1. The number of fused-ring (bicyclic) bond motifs is 1. The number of carbonyl (C=O) groups is 1. The summed E-state index contributed by atoms with van der Waals surface area (Å²) in [6.07, 6.45) is 3.01. The highest BCUT2D eigenvalue weighted by Crippen LogP contribution is 2.34. The molecule has 2 aliphatic rings. The Balaban J connectivity index is 1.92. The topological polar surface area (TPSA) is 75.7 Å². The molecule has 23 heavy (non-hydrogen) atoms. The molecule has 1 saturated carbocycles. The lowest BCUT2D eigenvalue weighted by atomic mass is 10.0. The first-order chi connectivity index (χ1) is 11.1. The molecule has 3 rings (SSSR count). The van der Waals surface area contributed by atoms with Crippen molar-refractivity contribution in [3.05, 3.63) is 17.5 Å². The first-order valence-electron chi connectivity index (χ1n) is 8.01. The van der Waals surface area contributed by atoms with E-state index in [0.29, 0.717) is 36.9 Å². The summed E-state index contributed by atoms with van der Waals surface area (Å²) < 4.78 is 33.4. The normalized spacial score (nSPS) is 27.9. The molecular weight excluding hydrogens is 336 g/mol. The molecule has 6 nitrogen and oxygen atoms in total. The van der Waals surface area contributed by atoms with E-state index < -0.39 is 10.0 Å². The fraction of sp³-hybridized carbons (Fsp3) is 0.667. The van der Waals surface area contributed by atoms with E-state index in [1.165, 1.54) is 11.3 Å². The third kappa shape index (κ3) is 3.60. The number of hydrogen-bond acceptors (Lipinski definition) is 5. The standard InChI is InChI=1S/C15H22N2O4S2/c18-15-12-4-1-5-13(12)17(8-3-9-21-10-7-16-15)23(19,20)14-6-2-11-22-14/h2,6,11-13H,1,3-5,7-10H2,(H,16,18)/t12-,13+/m1/s1. The van der Waals surface area contributed by atoms with Gasteiger partial charge in [0, 0.05) is 25.7 Å². The minimum absolute atomic E-state index is 0.0515. The van der Waals surface area contributed by atoms with Gasteiger partial charge in [0.1, 0.15) is 4.21 Å². The molecule has 1 aliphatic carbocycles. The highest BCUT2D eigenvalue weighted by atomic mass is 32.2. The summed E-state index contributed by atoms with van der Waals surface area (Å²) in [5, 5.41) is 4.64. The second-order valence-corrected chi connectivity index (χ2v) is 8.97. The van der Waals surface area contributed by atoms with Crippen LogP contribution >= 0.6 is 11.3 Å². The van der Waals surface area contributed by atoms with Crippen molar-refractivity contribution in [1.82, 2.24) is 9.62 Å². The fourth-order valence-electron chi connectivity index (χ4n) is 3.38. The minimum atomic E-state index is -3.56. The molecule has 128 valence electrons. The summed E-state index contributed by atoms with van der Waals surface area (Å²) in [5.74, 6) is -0.313. The average Bonchev–Trinajstić information content (AvgIpc) is 3.19. The second kappa shape index (κ2) is 7.29. The molecule has 2 fully saturated rings. The average molecular weight is 358 g/mol. The van der Waals surface area contributed by atoms with Gasteiger partial charge in [-0.3, -0.25) is 4.79 Å². The quantitative estimate of drug-likeness (QED) is 0.868. The van der Waals surface area contributed by atoms with Crippen LogP contribution in [0.5, 0.6) is 0 Å². The zero-order valence-corrected chi connectivity index (χ0v) is 14.6. The van der Waals surface area contributed by atoms with Gasteiger partial charge in [-0.2, -0.15) is 4.31 Å². The molecule has 1 aromatic rings. The maximum absolute atomic E-state index is 13.0. The van der Waals surface area contributed by atoms with Crippen LogP contribution in [0.15, 0.2) is 21.7 Å². The van der Waals surface area contributed by atoms with Gasteiger partial charge in [0.25, 0.3) is 10.0 Å². The molecule has 1 aliphatic heterocycles. The Kier molecular flexibility index (Phi) is 5.35. The Bertz CT molecular complexity index is 630. The van der Waals surface area contributed by atoms with Crippen molar-refractivity contribution in [3.8, 4) is 0 Å². The van der Waals surface area contributed by atoms with E-state index >= 15 is 0 Å². The van der Waals surface area contributed by atoms with Crippen LogP contribution in [0.3, 0.4) is 0 Å². The predicted molar refractivity (Wildman–Crippen MR) is 87.8 cm³/mol. The summed E-state index contributed by atoms with van der Waals surface area (Å²) in [6.45, 7) is 1.86. The maximum atomic E-state index is 13.0. The zero-order chi connectivity index (χ0) is 16.3. The van der Waals surface area contributed by atoms with Crippen molar-refractivity contribution in [3.63, 3.8) is 0 Å². The molecule has 0 unspecified atom stereocenters. The van der Waals surface area contributed by atoms with Crippen LogP contribution in [0.25, 0.3) is 0 Å². The van der Waals surface area contributed by atoms with Gasteiger partial charge in [-0.1, -0.05) is 12.5 Å². The van der Waals surface area contributed by atoms with E-state index in [1.54, 1.807) is 21.8 Å². The summed E-state index contributed by atoms with van der Waals surface area (Å²) in [4.78, 5) is 12.4. The van der Waals surface area contributed by atoms with Crippen LogP contribution in [0.1, 0.15) is 25.7 Å². The van der Waals surface area contributed by atoms with Crippen LogP contribution in [0.4, 0.5) is 0 Å². The SMILES string of the molecule is O=C1NCCOCCCN(S(=O)(=O)c2cccs2)[C@H]2CCC[C@@H]12. The van der Waals surface area contributed by atoms with Gasteiger partial charge < -0.3 is 10.1 Å². The number of thiophene rings is 1. The van der Waals surface area contributed by atoms with Gasteiger partial charge in [0.05, 0.1) is 12.5 Å². The molecule has 1 saturated heterocycles. The number of rotatable bonds is 2. The van der Waals surface area contributed by atoms with Crippen molar-refractivity contribution >= 4 is 27.3 Å². The zero-order valence-electron chi connectivity index (χ0n) is 12.9. The Morgan fingerprint density at radius 1 is 1.26 bits per heavy atom. The number of nitrogens with zero attached hydrogens (tertiary/aromatic N) is 1. The highest BCUT2D eigenvalue weighted by Gasteiger charge is 2.42. The lowest BCUT2D eigenvalue weighted by Crippen LogP contribution is -2.47. The van der Waals surface area contributed by atoms with Crippen LogP contribution in [-0.4, -0.2) is 51.0 Å². The maximum Gasteiger partial charge on any atom is 0.252 e. The summed E-state index contributed by atoms with van der Waals surface area (Å²) in [6, 6.07) is 3.12. The highest BCUT2D eigenvalue weighted by molar-refractivity contribution is 7.91. The molecule has 2 atom stereocenters. The smallest absolute Gasteiger partial charge is 0.252 e. The number of ether oxygens (including phenoxy) is 1. The molecule has 2 heterocycles. The number of carbonyl (C=O) groups excluding carboxylic acids is 1. The van der Waals surface area contributed by atoms with Crippen molar-refractivity contribution < 1.29 is 17.9 Å². The van der Waals surface area contributed by atoms with E-state index in [2.05, 4.69) is 5.32 Å². The van der Waals surface area contributed by atoms with Gasteiger partial charge in [-0.25, -0.2) is 8.42 Å². The van der Waals surface area contributed by atoms with E-state index in [0.717, 1.165) is 19.3 Å². The minimum Gasteiger partial charge on any atom is -0.380 e. The fourth-order valence-corrected chi connectivity index (χ4v) is 6.23. The Morgan fingerprint density at radius 2 is 2.13 bits per heavy atom. The Morgan fingerprint density at radius 3 is 2.91 bits per heavy atom. The number of sulfonamides is 1. The lowest BCUT2D eigenvalue weighted by molar-refractivity contribution is -0.126. The largest absolute Gasteiger partial charge is 0.380 e. The molecule has 1 aromatic heterocycles. The summed E-state index contributed by atoms with van der Waals surface area (Å²) >= 11 is 1.22. The van der Waals surface area contributed by atoms with E-state index in [9.17, 15) is 13.2 Å². The molecular formula is C15H22N2O4S2. The van der Waals surface area contributed by atoms with E-state index in [-0.39, 0.29) is 17.9 Å². The molecule has 0 bridgehead atoms. The summed E-state index contributed by atoms with van der Waals surface area (Å²) in [5.41, 5.74) is 0. The number of nitrogens with one attached hydrogen (secondary N) is 1. The van der Waals surface area contributed by atoms with Crippen molar-refractivity contribution in [2.24, 2.45) is 5.92 Å². The third-order valence-corrected chi connectivity index (χ3v) is 7.75. The molecule has 1 amide bonds. The first kappa shape index (κ1) is 16.9. The van der Waals surface area contributed by atoms with Crippen LogP contribution < -0.4 is 5.32 Å². The first-order valence-corrected chi connectivity index (χ1v) is 10.3. The van der Waals surface area contributed by atoms with Gasteiger partial charge in [0.2, 0.25) is 5.91 Å². The Hall–Kier alpha value is -0.960. The van der Waals surface area contributed by atoms with E-state index in [1.807, 2.05) is 0 Å². The Labute approximate surface area is 140 Å². The van der Waals surface area contributed by atoms with E-state index in [4.69, 9.17) is 4.74 Å². The number of amides is 1. The van der Waals surface area contributed by atoms with Crippen molar-refractivity contribution in [2.45, 2.75) is 35.9 Å². The molecule has 0 spiro atoms. The molecule has 0 radical (unpaired) electrons. The molecule has 1 N–H and O–H groups in total. The van der Waals surface area contributed by atoms with Gasteiger partial charge in [-0.15, -0.1) is 11.3 Å². The second-order valence-electron chi connectivity index (χ2n) is 5.91. The van der Waals surface area contributed by atoms with Crippen LogP contribution in [-0.2, 0) is 19.6 Å². The van der Waals surface area contributed by atoms with Crippen LogP contribution in [0, 0.1) is 5.92 Å². The molecule has 8 heteroatoms. The third-order valence-electron chi connectivity index (χ3n) is 4.46. The van der Waals surface area contributed by atoms with Crippen molar-refractivity contribution in [2.75, 3.05) is 26.3 Å². The molecule has 0 aromatic carbocycles. The predicted octanol–water partition coefficient (Wildman–Crippen LogP) is 1.44. The lowest BCUT2D eigenvalue weighted by Gasteiger charge is -2.31. The van der Waals surface area contributed by atoms with Crippen LogP contribution in [0.2, 0.25) is 0 Å². The van der Waals surface area contributed by atoms with Gasteiger partial charge in [0.15, 0.2) is 0 Å².